The second kappa shape index (κ2) is 4.23. The highest BCUT2D eigenvalue weighted by atomic mass is 16.5. The number of aliphatic hydroxyl groups excluding tert-OH is 1. The maximum atomic E-state index is 11.2. The van der Waals surface area contributed by atoms with Crippen molar-refractivity contribution in [2.45, 2.75) is 6.42 Å². The van der Waals surface area contributed by atoms with Gasteiger partial charge in [-0.3, -0.25) is 9.59 Å². The Hall–Kier alpha value is -1.10. The zero-order chi connectivity index (χ0) is 9.84. The maximum Gasteiger partial charge on any atom is 0.310 e. The smallest absolute Gasteiger partial charge is 0.310 e. The fourth-order valence-corrected chi connectivity index (χ4v) is 1.43. The van der Waals surface area contributed by atoms with E-state index in [0.29, 0.717) is 13.1 Å². The summed E-state index contributed by atoms with van der Waals surface area (Å²) >= 11 is 0. The number of carbonyl (C=O) groups excluding carboxylic acids is 2. The van der Waals surface area contributed by atoms with Gasteiger partial charge in [0, 0.05) is 19.5 Å². The van der Waals surface area contributed by atoms with Gasteiger partial charge in [-0.1, -0.05) is 0 Å². The van der Waals surface area contributed by atoms with Crippen LogP contribution in [0, 0.1) is 5.92 Å². The van der Waals surface area contributed by atoms with Gasteiger partial charge in [-0.15, -0.1) is 0 Å². The molecule has 13 heavy (non-hydrogen) atoms. The first-order chi connectivity index (χ1) is 6.19. The van der Waals surface area contributed by atoms with Crippen LogP contribution in [0.4, 0.5) is 0 Å². The van der Waals surface area contributed by atoms with Crippen molar-refractivity contribution in [3.8, 4) is 0 Å². The molecule has 1 saturated heterocycles. The van der Waals surface area contributed by atoms with Crippen LogP contribution in [0.3, 0.4) is 0 Å². The lowest BCUT2D eigenvalue weighted by Gasteiger charge is -2.13. The average Bonchev–Trinajstić information content (AvgIpc) is 2.47. The number of carbonyl (C=O) groups is 2. The molecule has 0 saturated carbocycles. The molecule has 1 N–H and O–H groups in total. The molecule has 1 fully saturated rings. The number of nitrogens with zero attached hydrogens (tertiary/aromatic N) is 1. The molecule has 1 atom stereocenters. The minimum absolute atomic E-state index is 0.0698. The Balaban J connectivity index is 2.49. The van der Waals surface area contributed by atoms with Crippen LogP contribution in [0.25, 0.3) is 0 Å². The van der Waals surface area contributed by atoms with E-state index in [1.54, 1.807) is 0 Å². The van der Waals surface area contributed by atoms with Crippen LogP contribution in [0.2, 0.25) is 0 Å². The Kier molecular flexibility index (Phi) is 3.25. The second-order valence-corrected chi connectivity index (χ2v) is 2.99. The van der Waals surface area contributed by atoms with Crippen molar-refractivity contribution in [2.75, 3.05) is 26.8 Å². The van der Waals surface area contributed by atoms with Crippen LogP contribution in [-0.2, 0) is 14.3 Å². The van der Waals surface area contributed by atoms with Gasteiger partial charge >= 0.3 is 5.97 Å². The summed E-state index contributed by atoms with van der Waals surface area (Å²) in [5.74, 6) is -0.803. The molecule has 74 valence electrons. The van der Waals surface area contributed by atoms with Crippen molar-refractivity contribution >= 4 is 11.9 Å². The van der Waals surface area contributed by atoms with Crippen LogP contribution in [0.5, 0.6) is 0 Å². The molecule has 0 bridgehead atoms. The summed E-state index contributed by atoms with van der Waals surface area (Å²) in [5.41, 5.74) is 0. The number of hydrogen-bond acceptors (Lipinski definition) is 4. The van der Waals surface area contributed by atoms with Crippen molar-refractivity contribution in [3.05, 3.63) is 0 Å². The molecule has 0 unspecified atom stereocenters. The van der Waals surface area contributed by atoms with Crippen LogP contribution in [0.15, 0.2) is 0 Å². The number of β-amino-alcohol motifs (C(OH)–C–C–N with tert-alkyl or cyclic N) is 1. The van der Waals surface area contributed by atoms with Gasteiger partial charge in [-0.2, -0.15) is 0 Å². The first-order valence-corrected chi connectivity index (χ1v) is 4.15. The predicted octanol–water partition coefficient (Wildman–Crippen LogP) is -1.000. The van der Waals surface area contributed by atoms with Crippen molar-refractivity contribution in [3.63, 3.8) is 0 Å². The molecule has 1 aliphatic rings. The number of methoxy groups -OCH3 is 1. The molecular weight excluding hydrogens is 174 g/mol. The molecule has 5 nitrogen and oxygen atoms in total. The van der Waals surface area contributed by atoms with Crippen molar-refractivity contribution in [1.29, 1.82) is 0 Å². The molecule has 5 heteroatoms. The molecule has 1 rings (SSSR count). The van der Waals surface area contributed by atoms with Crippen LogP contribution < -0.4 is 0 Å². The van der Waals surface area contributed by atoms with Gasteiger partial charge in [0.2, 0.25) is 5.91 Å². The molecule has 1 heterocycles. The second-order valence-electron chi connectivity index (χ2n) is 2.99. The summed E-state index contributed by atoms with van der Waals surface area (Å²) in [6, 6.07) is 0. The zero-order valence-corrected chi connectivity index (χ0v) is 7.52. The first kappa shape index (κ1) is 9.98. The number of likely N-dealkylation sites (tertiary alicyclic amines) is 1. The molecule has 0 spiro atoms. The molecule has 1 amide bonds. The zero-order valence-electron chi connectivity index (χ0n) is 7.52. The summed E-state index contributed by atoms with van der Waals surface area (Å²) in [6.07, 6.45) is 0.201. The highest BCUT2D eigenvalue weighted by molar-refractivity contribution is 5.86. The van der Waals surface area contributed by atoms with E-state index in [-0.39, 0.29) is 30.8 Å². The van der Waals surface area contributed by atoms with E-state index in [2.05, 4.69) is 4.74 Å². The maximum absolute atomic E-state index is 11.2. The minimum Gasteiger partial charge on any atom is -0.469 e. The van der Waals surface area contributed by atoms with Crippen LogP contribution in [0.1, 0.15) is 6.42 Å². The Morgan fingerprint density at radius 2 is 2.46 bits per heavy atom. The highest BCUT2D eigenvalue weighted by Crippen LogP contribution is 2.18. The number of ether oxygens (including phenoxy) is 1. The number of aliphatic hydroxyl groups is 1. The van der Waals surface area contributed by atoms with Gasteiger partial charge in [0.25, 0.3) is 0 Å². The van der Waals surface area contributed by atoms with Gasteiger partial charge in [0.15, 0.2) is 0 Å². The predicted molar refractivity (Wildman–Crippen MR) is 43.8 cm³/mol. The minimum atomic E-state index is -0.357. The third-order valence-corrected chi connectivity index (χ3v) is 2.12. The Bertz CT molecular complexity index is 216. The Morgan fingerprint density at radius 1 is 1.77 bits per heavy atom. The molecule has 0 aliphatic carbocycles. The van der Waals surface area contributed by atoms with Gasteiger partial charge in [-0.25, -0.2) is 0 Å². The van der Waals surface area contributed by atoms with Crippen molar-refractivity contribution < 1.29 is 19.4 Å². The standard InChI is InChI=1S/C8H13NO4/c1-13-8(12)6-4-7(11)9(5-6)2-3-10/h6,10H,2-5H2,1H3/t6-/m0/s1. The molecule has 0 radical (unpaired) electrons. The number of amides is 1. The summed E-state index contributed by atoms with van der Waals surface area (Å²) in [4.78, 5) is 23.7. The monoisotopic (exact) mass is 187 g/mol. The quantitative estimate of drug-likeness (QED) is 0.575. The van der Waals surface area contributed by atoms with E-state index in [4.69, 9.17) is 5.11 Å². The molecule has 1 aliphatic heterocycles. The summed E-state index contributed by atoms with van der Waals surface area (Å²) in [7, 11) is 1.31. The largest absolute Gasteiger partial charge is 0.469 e. The Labute approximate surface area is 76.3 Å². The summed E-state index contributed by atoms with van der Waals surface area (Å²) in [5, 5.41) is 8.62. The van der Waals surface area contributed by atoms with Gasteiger partial charge in [-0.05, 0) is 0 Å². The third kappa shape index (κ3) is 2.18. The van der Waals surface area contributed by atoms with E-state index in [1.807, 2.05) is 0 Å². The Morgan fingerprint density at radius 3 is 3.00 bits per heavy atom. The number of hydrogen-bond donors (Lipinski definition) is 1. The normalized spacial score (nSPS) is 22.2. The van der Waals surface area contributed by atoms with Crippen LogP contribution in [-0.4, -0.2) is 48.7 Å². The average molecular weight is 187 g/mol. The van der Waals surface area contributed by atoms with Crippen LogP contribution >= 0.6 is 0 Å². The van der Waals surface area contributed by atoms with E-state index in [9.17, 15) is 9.59 Å². The van der Waals surface area contributed by atoms with E-state index >= 15 is 0 Å². The summed E-state index contributed by atoms with van der Waals surface area (Å²) in [6.45, 7) is 0.595. The SMILES string of the molecule is COC(=O)[C@H]1CC(=O)N(CCO)C1. The fourth-order valence-electron chi connectivity index (χ4n) is 1.43. The van der Waals surface area contributed by atoms with E-state index < -0.39 is 0 Å². The molecule has 0 aromatic rings. The van der Waals surface area contributed by atoms with Gasteiger partial charge < -0.3 is 14.7 Å². The molecule has 0 aromatic carbocycles. The topological polar surface area (TPSA) is 66.8 Å². The number of rotatable bonds is 3. The highest BCUT2D eigenvalue weighted by Gasteiger charge is 2.34. The van der Waals surface area contributed by atoms with Crippen molar-refractivity contribution in [2.24, 2.45) is 5.92 Å². The third-order valence-electron chi connectivity index (χ3n) is 2.12. The van der Waals surface area contributed by atoms with E-state index in [0.717, 1.165) is 0 Å². The lowest BCUT2D eigenvalue weighted by atomic mass is 10.1. The van der Waals surface area contributed by atoms with E-state index in [1.165, 1.54) is 12.0 Å². The first-order valence-electron chi connectivity index (χ1n) is 4.15. The fraction of sp³-hybridized carbons (Fsp3) is 0.750. The van der Waals surface area contributed by atoms with Gasteiger partial charge in [0.1, 0.15) is 0 Å². The van der Waals surface area contributed by atoms with Crippen molar-refractivity contribution in [1.82, 2.24) is 4.90 Å². The van der Waals surface area contributed by atoms with Gasteiger partial charge in [0.05, 0.1) is 19.6 Å². The lowest BCUT2D eigenvalue weighted by Crippen LogP contribution is -2.29. The number of esters is 1. The lowest BCUT2D eigenvalue weighted by molar-refractivity contribution is -0.145. The molecular formula is C8H13NO4. The molecule has 0 aromatic heterocycles. The summed E-state index contributed by atoms with van der Waals surface area (Å²) < 4.78 is 4.53.